The van der Waals surface area contributed by atoms with Crippen molar-refractivity contribution >= 4 is 17.7 Å². The molecule has 1 aromatic rings. The summed E-state index contributed by atoms with van der Waals surface area (Å²) in [5, 5.41) is 12.1. The predicted octanol–water partition coefficient (Wildman–Crippen LogP) is 1.06. The number of ether oxygens (including phenoxy) is 3. The summed E-state index contributed by atoms with van der Waals surface area (Å²) >= 11 is 1.58. The van der Waals surface area contributed by atoms with Crippen LogP contribution in [0.1, 0.15) is 6.42 Å². The van der Waals surface area contributed by atoms with Crippen LogP contribution in [-0.2, 0) is 9.53 Å². The Hall–Kier alpha value is -1.44. The Morgan fingerprint density at radius 3 is 2.95 bits per heavy atom. The number of nitrogens with one attached hydrogen (secondary N) is 1. The highest BCUT2D eigenvalue weighted by molar-refractivity contribution is 7.99. The molecule has 1 atom stereocenters. The zero-order valence-corrected chi connectivity index (χ0v) is 13.4. The van der Waals surface area contributed by atoms with E-state index in [2.05, 4.69) is 5.32 Å². The molecule has 0 unspecified atom stereocenters. The number of hydrogen-bond donors (Lipinski definition) is 2. The first-order chi connectivity index (χ1) is 10.7. The van der Waals surface area contributed by atoms with Crippen LogP contribution in [0.25, 0.3) is 0 Å². The van der Waals surface area contributed by atoms with Crippen molar-refractivity contribution in [2.75, 3.05) is 39.2 Å². The van der Waals surface area contributed by atoms with Crippen LogP contribution in [0.4, 0.5) is 0 Å². The van der Waals surface area contributed by atoms with Gasteiger partial charge in [-0.3, -0.25) is 4.79 Å². The lowest BCUT2D eigenvalue weighted by atomic mass is 10.3. The minimum absolute atomic E-state index is 0.0832. The topological polar surface area (TPSA) is 77.0 Å². The van der Waals surface area contributed by atoms with Crippen LogP contribution < -0.4 is 14.8 Å². The van der Waals surface area contributed by atoms with Crippen molar-refractivity contribution in [1.29, 1.82) is 0 Å². The molecular formula is C15H21NO5S. The number of rotatable bonds is 8. The highest BCUT2D eigenvalue weighted by Gasteiger charge is 2.12. The molecule has 0 aromatic heterocycles. The SMILES string of the molecule is COC[C@@H](O)CNC(=O)CCSc1ccc2c(c1)OCCO2. The summed E-state index contributed by atoms with van der Waals surface area (Å²) in [7, 11) is 1.51. The van der Waals surface area contributed by atoms with Crippen molar-refractivity contribution in [3.63, 3.8) is 0 Å². The Bertz CT molecular complexity index is 497. The van der Waals surface area contributed by atoms with Gasteiger partial charge in [0.2, 0.25) is 5.91 Å². The molecule has 1 aromatic carbocycles. The van der Waals surface area contributed by atoms with Crippen molar-refractivity contribution in [3.8, 4) is 11.5 Å². The van der Waals surface area contributed by atoms with Gasteiger partial charge < -0.3 is 24.6 Å². The van der Waals surface area contributed by atoms with Crippen LogP contribution in [-0.4, -0.2) is 56.3 Å². The summed E-state index contributed by atoms with van der Waals surface area (Å²) in [6, 6.07) is 5.77. The Morgan fingerprint density at radius 2 is 2.18 bits per heavy atom. The van der Waals surface area contributed by atoms with Crippen LogP contribution in [0.3, 0.4) is 0 Å². The number of methoxy groups -OCH3 is 1. The molecule has 22 heavy (non-hydrogen) atoms. The van der Waals surface area contributed by atoms with Crippen molar-refractivity contribution in [2.45, 2.75) is 17.4 Å². The predicted molar refractivity (Wildman–Crippen MR) is 83.7 cm³/mol. The maximum absolute atomic E-state index is 11.7. The number of carbonyl (C=O) groups is 1. The van der Waals surface area contributed by atoms with Gasteiger partial charge in [-0.25, -0.2) is 0 Å². The van der Waals surface area contributed by atoms with Crippen LogP contribution in [0, 0.1) is 0 Å². The molecule has 1 heterocycles. The van der Waals surface area contributed by atoms with Crippen LogP contribution in [0.5, 0.6) is 11.5 Å². The second-order valence-electron chi connectivity index (χ2n) is 4.82. The molecule has 2 rings (SSSR count). The van der Waals surface area contributed by atoms with E-state index < -0.39 is 6.10 Å². The monoisotopic (exact) mass is 327 g/mol. The van der Waals surface area contributed by atoms with E-state index in [4.69, 9.17) is 14.2 Å². The fourth-order valence-corrected chi connectivity index (χ4v) is 2.82. The fourth-order valence-electron chi connectivity index (χ4n) is 1.95. The van der Waals surface area contributed by atoms with Gasteiger partial charge in [0.05, 0.1) is 12.7 Å². The average molecular weight is 327 g/mol. The van der Waals surface area contributed by atoms with Gasteiger partial charge in [0.25, 0.3) is 0 Å². The summed E-state index contributed by atoms with van der Waals surface area (Å²) < 4.78 is 15.8. The van der Waals surface area contributed by atoms with E-state index in [0.717, 1.165) is 16.4 Å². The van der Waals surface area contributed by atoms with Crippen molar-refractivity contribution < 1.29 is 24.1 Å². The smallest absolute Gasteiger partial charge is 0.220 e. The lowest BCUT2D eigenvalue weighted by Gasteiger charge is -2.18. The Morgan fingerprint density at radius 1 is 1.41 bits per heavy atom. The van der Waals surface area contributed by atoms with E-state index in [0.29, 0.717) is 25.4 Å². The van der Waals surface area contributed by atoms with E-state index in [9.17, 15) is 9.90 Å². The zero-order chi connectivity index (χ0) is 15.8. The molecule has 0 saturated heterocycles. The third kappa shape index (κ3) is 5.40. The van der Waals surface area contributed by atoms with Crippen molar-refractivity contribution in [2.24, 2.45) is 0 Å². The number of aliphatic hydroxyl groups is 1. The summed E-state index contributed by atoms with van der Waals surface area (Å²) in [6.07, 6.45) is -0.280. The lowest BCUT2D eigenvalue weighted by Crippen LogP contribution is -2.34. The summed E-state index contributed by atoms with van der Waals surface area (Å²) in [5.74, 6) is 2.09. The normalized spacial score (nSPS) is 14.5. The molecule has 122 valence electrons. The van der Waals surface area contributed by atoms with Gasteiger partial charge in [0.15, 0.2) is 11.5 Å². The highest BCUT2D eigenvalue weighted by atomic mass is 32.2. The Balaban J connectivity index is 1.69. The van der Waals surface area contributed by atoms with E-state index in [1.807, 2.05) is 18.2 Å². The molecule has 0 bridgehead atoms. The number of amides is 1. The van der Waals surface area contributed by atoms with Gasteiger partial charge in [-0.05, 0) is 18.2 Å². The molecule has 1 aliphatic rings. The van der Waals surface area contributed by atoms with Gasteiger partial charge >= 0.3 is 0 Å². The Kier molecular flexibility index (Phi) is 6.82. The van der Waals surface area contributed by atoms with Crippen LogP contribution in [0.2, 0.25) is 0 Å². The maximum atomic E-state index is 11.7. The third-order valence-corrected chi connectivity index (χ3v) is 4.00. The average Bonchev–Trinajstić information content (AvgIpc) is 2.53. The summed E-state index contributed by atoms with van der Waals surface area (Å²) in [5.41, 5.74) is 0. The van der Waals surface area contributed by atoms with Crippen LogP contribution in [0.15, 0.2) is 23.1 Å². The molecule has 1 amide bonds. The molecule has 6 nitrogen and oxygen atoms in total. The highest BCUT2D eigenvalue weighted by Crippen LogP contribution is 2.34. The molecule has 1 aliphatic heterocycles. The maximum Gasteiger partial charge on any atom is 0.220 e. The standard InChI is InChI=1S/C15H21NO5S/c1-19-10-11(17)9-16-15(18)4-7-22-12-2-3-13-14(8-12)21-6-5-20-13/h2-3,8,11,17H,4-7,9-10H2,1H3,(H,16,18)/t11-/m0/s1. The molecule has 2 N–H and O–H groups in total. The molecular weight excluding hydrogens is 306 g/mol. The van der Waals surface area contributed by atoms with Gasteiger partial charge in [0.1, 0.15) is 13.2 Å². The largest absolute Gasteiger partial charge is 0.486 e. The number of hydrogen-bond acceptors (Lipinski definition) is 6. The van der Waals surface area contributed by atoms with Gasteiger partial charge in [-0.1, -0.05) is 0 Å². The van der Waals surface area contributed by atoms with E-state index in [-0.39, 0.29) is 19.1 Å². The quantitative estimate of drug-likeness (QED) is 0.696. The minimum Gasteiger partial charge on any atom is -0.486 e. The molecule has 7 heteroatoms. The number of benzene rings is 1. The second-order valence-corrected chi connectivity index (χ2v) is 5.99. The fraction of sp³-hybridized carbons (Fsp3) is 0.533. The van der Waals surface area contributed by atoms with Gasteiger partial charge in [0, 0.05) is 30.7 Å². The Labute approximate surface area is 134 Å². The van der Waals surface area contributed by atoms with Crippen LogP contribution >= 0.6 is 11.8 Å². The zero-order valence-electron chi connectivity index (χ0n) is 12.5. The third-order valence-electron chi connectivity index (χ3n) is 3.01. The van der Waals surface area contributed by atoms with E-state index in [1.54, 1.807) is 11.8 Å². The number of carbonyl (C=O) groups excluding carboxylic acids is 1. The second kappa shape index (κ2) is 8.87. The van der Waals surface area contributed by atoms with Crippen molar-refractivity contribution in [3.05, 3.63) is 18.2 Å². The van der Waals surface area contributed by atoms with E-state index >= 15 is 0 Å². The molecule has 0 fully saturated rings. The minimum atomic E-state index is -0.667. The first-order valence-corrected chi connectivity index (χ1v) is 8.13. The molecule has 0 aliphatic carbocycles. The number of fused-ring (bicyclic) bond motifs is 1. The molecule has 0 radical (unpaired) electrons. The summed E-state index contributed by atoms with van der Waals surface area (Å²) in [6.45, 7) is 1.56. The van der Waals surface area contributed by atoms with Crippen molar-refractivity contribution in [1.82, 2.24) is 5.32 Å². The molecule has 0 saturated carbocycles. The number of aliphatic hydroxyl groups excluding tert-OH is 1. The first-order valence-electron chi connectivity index (χ1n) is 7.15. The summed E-state index contributed by atoms with van der Waals surface area (Å²) in [4.78, 5) is 12.7. The van der Waals surface area contributed by atoms with Gasteiger partial charge in [-0.2, -0.15) is 0 Å². The first kappa shape index (κ1) is 16.9. The molecule has 0 spiro atoms. The number of thioether (sulfide) groups is 1. The van der Waals surface area contributed by atoms with E-state index in [1.165, 1.54) is 7.11 Å². The van der Waals surface area contributed by atoms with Gasteiger partial charge in [-0.15, -0.1) is 11.8 Å². The lowest BCUT2D eigenvalue weighted by molar-refractivity contribution is -0.121.